The second-order valence-electron chi connectivity index (χ2n) is 13.4. The third-order valence-corrected chi connectivity index (χ3v) is 8.60. The summed E-state index contributed by atoms with van der Waals surface area (Å²) in [5, 5.41) is 0. The molecule has 0 saturated carbocycles. The van der Waals surface area contributed by atoms with E-state index in [0.717, 1.165) is 89.9 Å². The maximum absolute atomic E-state index is 13.1. The largest absolute Gasteiger partial charge is 0.339 e. The van der Waals surface area contributed by atoms with E-state index in [0.29, 0.717) is 25.9 Å². The number of carbonyl (C=O) groups is 2. The zero-order valence-corrected chi connectivity index (χ0v) is 33.3. The minimum absolute atomic E-state index is 0.0384. The number of rotatable bonds is 27. The third-order valence-electron chi connectivity index (χ3n) is 8.60. The Balaban J connectivity index is 2.16. The quantitative estimate of drug-likeness (QED) is 0.0629. The lowest BCUT2D eigenvalue weighted by Crippen LogP contribution is -2.59. The van der Waals surface area contributed by atoms with Crippen molar-refractivity contribution in [2.24, 2.45) is 0 Å². The summed E-state index contributed by atoms with van der Waals surface area (Å²) in [6.45, 7) is 9.70. The highest BCUT2D eigenvalue weighted by atomic mass is 16.2. The van der Waals surface area contributed by atoms with Crippen molar-refractivity contribution in [3.63, 3.8) is 0 Å². The van der Waals surface area contributed by atoms with Gasteiger partial charge in [-0.25, -0.2) is 0 Å². The summed E-state index contributed by atoms with van der Waals surface area (Å²) in [7, 11) is 0. The molecule has 0 N–H and O–H groups in total. The molecule has 1 aliphatic rings. The molecule has 286 valence electrons. The number of unbranched alkanes of at least 4 members (excludes halogenated alkanes) is 1. The molecular weight excluding hydrogens is 637 g/mol. The first kappa shape index (κ1) is 46.1. The molecular formula is C48H72N2O2. The molecule has 1 rings (SSSR count). The Morgan fingerprint density at radius 2 is 0.731 bits per heavy atom. The van der Waals surface area contributed by atoms with E-state index < -0.39 is 0 Å². The summed E-state index contributed by atoms with van der Waals surface area (Å²) in [4.78, 5) is 30.0. The van der Waals surface area contributed by atoms with Crippen LogP contribution in [-0.2, 0) is 9.59 Å². The van der Waals surface area contributed by atoms with Crippen LogP contribution in [0.15, 0.2) is 134 Å². The summed E-state index contributed by atoms with van der Waals surface area (Å²) in [5.41, 5.74) is 0. The van der Waals surface area contributed by atoms with E-state index in [2.05, 4.69) is 161 Å². The first-order valence-corrected chi connectivity index (χ1v) is 20.2. The van der Waals surface area contributed by atoms with Crippen molar-refractivity contribution in [1.29, 1.82) is 0 Å². The van der Waals surface area contributed by atoms with Crippen molar-refractivity contribution in [2.45, 2.75) is 143 Å². The average Bonchev–Trinajstić information content (AvgIpc) is 3.13. The van der Waals surface area contributed by atoms with Crippen LogP contribution in [0.1, 0.15) is 130 Å². The zero-order valence-electron chi connectivity index (χ0n) is 33.3. The van der Waals surface area contributed by atoms with E-state index in [1.54, 1.807) is 0 Å². The molecule has 2 amide bonds. The Morgan fingerprint density at radius 1 is 0.423 bits per heavy atom. The number of nitrogens with zero attached hydrogens (tertiary/aromatic N) is 2. The average molecular weight is 709 g/mol. The van der Waals surface area contributed by atoms with Crippen molar-refractivity contribution in [2.75, 3.05) is 13.1 Å². The van der Waals surface area contributed by atoms with Crippen LogP contribution in [0.2, 0.25) is 0 Å². The minimum Gasteiger partial charge on any atom is -0.339 e. The topological polar surface area (TPSA) is 40.6 Å². The molecule has 52 heavy (non-hydrogen) atoms. The van der Waals surface area contributed by atoms with E-state index in [4.69, 9.17) is 0 Å². The Bertz CT molecular complexity index is 1240. The van der Waals surface area contributed by atoms with Gasteiger partial charge in [-0.3, -0.25) is 9.59 Å². The van der Waals surface area contributed by atoms with Gasteiger partial charge in [-0.05, 0) is 104 Å². The van der Waals surface area contributed by atoms with E-state index in [-0.39, 0.29) is 23.9 Å². The fourth-order valence-corrected chi connectivity index (χ4v) is 5.89. The normalized spacial score (nSPS) is 17.9. The second-order valence-corrected chi connectivity index (χ2v) is 13.4. The zero-order chi connectivity index (χ0) is 37.7. The van der Waals surface area contributed by atoms with Gasteiger partial charge in [0, 0.05) is 38.0 Å². The van der Waals surface area contributed by atoms with Crippen molar-refractivity contribution in [1.82, 2.24) is 9.80 Å². The summed E-state index contributed by atoms with van der Waals surface area (Å²) in [6, 6.07) is 0.0767. The van der Waals surface area contributed by atoms with E-state index in [1.807, 2.05) is 9.80 Å². The van der Waals surface area contributed by atoms with Gasteiger partial charge in [0.2, 0.25) is 11.8 Å². The monoisotopic (exact) mass is 709 g/mol. The molecule has 0 aromatic rings. The van der Waals surface area contributed by atoms with Gasteiger partial charge in [0.15, 0.2) is 0 Å². The van der Waals surface area contributed by atoms with Gasteiger partial charge in [-0.2, -0.15) is 0 Å². The predicted octanol–water partition coefficient (Wildman–Crippen LogP) is 12.8. The molecule has 1 aliphatic heterocycles. The van der Waals surface area contributed by atoms with Crippen LogP contribution >= 0.6 is 0 Å². The van der Waals surface area contributed by atoms with Crippen molar-refractivity contribution in [3.05, 3.63) is 134 Å². The number of amides is 2. The van der Waals surface area contributed by atoms with Crippen LogP contribution in [0.3, 0.4) is 0 Å². The van der Waals surface area contributed by atoms with Crippen LogP contribution in [0.25, 0.3) is 0 Å². The first-order chi connectivity index (χ1) is 25.5. The summed E-state index contributed by atoms with van der Waals surface area (Å²) >= 11 is 0. The van der Waals surface area contributed by atoms with Crippen LogP contribution in [0, 0.1) is 0 Å². The van der Waals surface area contributed by atoms with Crippen LogP contribution in [0.4, 0.5) is 0 Å². The van der Waals surface area contributed by atoms with E-state index in [1.165, 1.54) is 0 Å². The fourth-order valence-electron chi connectivity index (χ4n) is 5.89. The highest BCUT2D eigenvalue weighted by molar-refractivity contribution is 5.79. The Labute approximate surface area is 319 Å². The SMILES string of the molecule is CCC=CCC=CCC=CCC=CCC=CCC=CCCC(=O)N1[C@H](C)CN(C(=O)CCCC=CCC=CCC=CCC=CCC=CCC)C[C@@H]1C. The first-order valence-electron chi connectivity index (χ1n) is 20.2. The number of allylic oxidation sites excluding steroid dienone is 22. The molecule has 0 aromatic carbocycles. The lowest BCUT2D eigenvalue weighted by Gasteiger charge is -2.44. The molecule has 4 nitrogen and oxygen atoms in total. The Hall–Kier alpha value is -3.92. The van der Waals surface area contributed by atoms with Crippen LogP contribution in [0.5, 0.6) is 0 Å². The maximum Gasteiger partial charge on any atom is 0.223 e. The molecule has 0 spiro atoms. The van der Waals surface area contributed by atoms with Gasteiger partial charge in [0.25, 0.3) is 0 Å². The smallest absolute Gasteiger partial charge is 0.223 e. The standard InChI is InChI=1S/C48H72N2O2/c1-5-7-9-11-13-15-17-19-21-23-24-26-28-30-32-34-36-38-40-42-48(52)50-45(3)43-49(44-46(50)4)47(51)41-39-37-35-33-31-29-27-25-22-20-18-16-14-12-10-8-6-2/h7-10,13-16,19-22,24,26-27,29-30,32-33,35-36,38,45-46H,5-6,11-12,17-18,23,25,28,31,34,37,39-44H2,1-4H3/t45-,46+. The van der Waals surface area contributed by atoms with E-state index in [9.17, 15) is 9.59 Å². The van der Waals surface area contributed by atoms with Gasteiger partial charge in [-0.1, -0.05) is 148 Å². The van der Waals surface area contributed by atoms with Crippen LogP contribution in [-0.4, -0.2) is 46.8 Å². The molecule has 0 unspecified atom stereocenters. The molecule has 0 radical (unpaired) electrons. The second kappa shape index (κ2) is 34.2. The van der Waals surface area contributed by atoms with Crippen molar-refractivity contribution >= 4 is 11.8 Å². The molecule has 0 aromatic heterocycles. The third kappa shape index (κ3) is 25.9. The highest BCUT2D eigenvalue weighted by Crippen LogP contribution is 2.19. The van der Waals surface area contributed by atoms with Crippen LogP contribution < -0.4 is 0 Å². The molecule has 4 heteroatoms. The van der Waals surface area contributed by atoms with Gasteiger partial charge in [0.05, 0.1) is 0 Å². The minimum atomic E-state index is 0.0384. The summed E-state index contributed by atoms with van der Waals surface area (Å²) < 4.78 is 0. The highest BCUT2D eigenvalue weighted by Gasteiger charge is 2.33. The number of hydrogen-bond donors (Lipinski definition) is 0. The number of carbonyl (C=O) groups excluding carboxylic acids is 2. The summed E-state index contributed by atoms with van der Waals surface area (Å²) in [6.07, 6.45) is 62.9. The molecule has 0 bridgehead atoms. The molecule has 1 saturated heterocycles. The molecule has 2 atom stereocenters. The van der Waals surface area contributed by atoms with Gasteiger partial charge >= 0.3 is 0 Å². The maximum atomic E-state index is 13.1. The summed E-state index contributed by atoms with van der Waals surface area (Å²) in [5.74, 6) is 0.390. The lowest BCUT2D eigenvalue weighted by molar-refractivity contribution is -0.146. The molecule has 1 heterocycles. The fraction of sp³-hybridized carbons (Fsp3) is 0.500. The van der Waals surface area contributed by atoms with Gasteiger partial charge in [0.1, 0.15) is 0 Å². The van der Waals surface area contributed by atoms with Crippen molar-refractivity contribution in [3.8, 4) is 0 Å². The van der Waals surface area contributed by atoms with Crippen molar-refractivity contribution < 1.29 is 9.59 Å². The lowest BCUT2D eigenvalue weighted by atomic mass is 10.1. The molecule has 1 fully saturated rings. The Kier molecular flexibility index (Phi) is 30.3. The van der Waals surface area contributed by atoms with Gasteiger partial charge in [-0.15, -0.1) is 0 Å². The number of piperazine rings is 1. The number of hydrogen-bond acceptors (Lipinski definition) is 2. The predicted molar refractivity (Wildman–Crippen MR) is 228 cm³/mol. The molecule has 0 aliphatic carbocycles. The van der Waals surface area contributed by atoms with Gasteiger partial charge < -0.3 is 9.80 Å². The van der Waals surface area contributed by atoms with E-state index >= 15 is 0 Å². The Morgan fingerprint density at radius 3 is 1.08 bits per heavy atom.